The highest BCUT2D eigenvalue weighted by Crippen LogP contribution is 2.38. The molecule has 120 valence electrons. The van der Waals surface area contributed by atoms with Gasteiger partial charge in [-0.2, -0.15) is 0 Å². The van der Waals surface area contributed by atoms with E-state index in [-0.39, 0.29) is 12.3 Å². The van der Waals surface area contributed by atoms with E-state index in [0.717, 1.165) is 23.3 Å². The summed E-state index contributed by atoms with van der Waals surface area (Å²) in [6.45, 7) is 5.01. The fraction of sp³-hybridized carbons (Fsp3) is 0.467. The van der Waals surface area contributed by atoms with Crippen LogP contribution >= 0.6 is 0 Å². The maximum atomic E-state index is 4.53. The summed E-state index contributed by atoms with van der Waals surface area (Å²) >= 11 is 0. The third kappa shape index (κ3) is 1.90. The normalized spacial score (nSPS) is 22.6. The zero-order valence-corrected chi connectivity index (χ0v) is 13.7. The third-order valence-electron chi connectivity index (χ3n) is 4.86. The fourth-order valence-electron chi connectivity index (χ4n) is 3.21. The molecule has 8 nitrogen and oxygen atoms in total. The van der Waals surface area contributed by atoms with Gasteiger partial charge in [0, 0.05) is 38.9 Å². The molecule has 0 aromatic carbocycles. The Bertz CT molecular complexity index is 673. The monoisotopic (exact) mass is 312 g/mol. The lowest BCUT2D eigenvalue weighted by molar-refractivity contribution is 0.586. The Kier molecular flexibility index (Phi) is 3.00. The smallest absolute Gasteiger partial charge is 0.175 e. The van der Waals surface area contributed by atoms with Crippen molar-refractivity contribution in [2.45, 2.75) is 26.2 Å². The van der Waals surface area contributed by atoms with Gasteiger partial charge in [-0.15, -0.1) is 0 Å². The van der Waals surface area contributed by atoms with Gasteiger partial charge >= 0.3 is 0 Å². The molecule has 0 unspecified atom stereocenters. The number of aromatic nitrogens is 4. The molecule has 0 amide bonds. The number of anilines is 4. The molecule has 0 N–H and O–H groups in total. The Morgan fingerprint density at radius 1 is 0.696 bits per heavy atom. The van der Waals surface area contributed by atoms with E-state index in [1.165, 1.54) is 0 Å². The van der Waals surface area contributed by atoms with Crippen molar-refractivity contribution >= 4 is 23.3 Å². The van der Waals surface area contributed by atoms with Crippen molar-refractivity contribution in [3.8, 4) is 0 Å². The maximum Gasteiger partial charge on any atom is 0.175 e. The molecule has 2 atom stereocenters. The quantitative estimate of drug-likeness (QED) is 0.818. The summed E-state index contributed by atoms with van der Waals surface area (Å²) in [6.07, 6.45) is 7.32. The molecule has 4 heterocycles. The van der Waals surface area contributed by atoms with E-state index >= 15 is 0 Å². The Balaban J connectivity index is 1.69. The molecule has 2 aliphatic heterocycles. The minimum absolute atomic E-state index is 0.186. The predicted octanol–water partition coefficient (Wildman–Crippen LogP) is 1.13. The van der Waals surface area contributed by atoms with E-state index < -0.39 is 0 Å². The topological polar surface area (TPSA) is 64.5 Å². The molecule has 0 spiro atoms. The van der Waals surface area contributed by atoms with E-state index in [1.807, 2.05) is 14.1 Å². The average Bonchev–Trinajstić information content (AvgIpc) is 2.97. The van der Waals surface area contributed by atoms with Gasteiger partial charge in [-0.05, 0) is 13.8 Å². The lowest BCUT2D eigenvalue weighted by Gasteiger charge is -2.34. The van der Waals surface area contributed by atoms with Gasteiger partial charge in [0.05, 0.1) is 6.67 Å². The molecule has 2 aliphatic rings. The van der Waals surface area contributed by atoms with Crippen LogP contribution in [0.1, 0.15) is 13.8 Å². The van der Waals surface area contributed by atoms with Crippen molar-refractivity contribution in [1.82, 2.24) is 19.9 Å². The van der Waals surface area contributed by atoms with Crippen LogP contribution in [0.2, 0.25) is 0 Å². The first-order chi connectivity index (χ1) is 11.1. The molecule has 8 heteroatoms. The largest absolute Gasteiger partial charge is 0.336 e. The molecule has 0 radical (unpaired) electrons. The summed E-state index contributed by atoms with van der Waals surface area (Å²) in [4.78, 5) is 26.8. The number of fused-ring (bicyclic) bond motifs is 2. The second-order valence-corrected chi connectivity index (χ2v) is 5.97. The van der Waals surface area contributed by atoms with E-state index in [9.17, 15) is 0 Å². The van der Waals surface area contributed by atoms with Crippen LogP contribution in [-0.4, -0.2) is 53.0 Å². The van der Waals surface area contributed by atoms with E-state index in [2.05, 4.69) is 53.4 Å². The lowest BCUT2D eigenvalue weighted by atomic mass is 10.4. The Morgan fingerprint density at radius 3 is 1.43 bits per heavy atom. The molecule has 23 heavy (non-hydrogen) atoms. The van der Waals surface area contributed by atoms with Gasteiger partial charge in [-0.1, -0.05) is 0 Å². The van der Waals surface area contributed by atoms with E-state index in [1.54, 1.807) is 24.8 Å². The van der Waals surface area contributed by atoms with Crippen molar-refractivity contribution in [3.05, 3.63) is 24.8 Å². The zero-order chi connectivity index (χ0) is 16.1. The predicted molar refractivity (Wildman–Crippen MR) is 89.6 cm³/mol. The zero-order valence-electron chi connectivity index (χ0n) is 13.7. The Morgan fingerprint density at radius 2 is 1.04 bits per heavy atom. The average molecular weight is 312 g/mol. The standard InChI is InChI=1S/C15H20N8/c1-10-20(3)12-14(18-7-5-16-12)22(10)9-23-11(2)21(4)13-15(23)19-8-6-17-13/h5-8,10-11H,9H2,1-4H3/t10-,11+. The molecule has 2 aromatic rings. The van der Waals surface area contributed by atoms with Crippen molar-refractivity contribution in [2.75, 3.05) is 40.4 Å². The van der Waals surface area contributed by atoms with Gasteiger partial charge in [0.1, 0.15) is 12.3 Å². The SMILES string of the molecule is C[C@@H]1N(C)c2nccnc2N1CN1c2nccnc2N(C)[C@@H]1C. The van der Waals surface area contributed by atoms with Crippen molar-refractivity contribution in [1.29, 1.82) is 0 Å². The lowest BCUT2D eigenvalue weighted by Crippen LogP contribution is -2.49. The summed E-state index contributed by atoms with van der Waals surface area (Å²) in [7, 11) is 4.09. The number of nitrogens with zero attached hydrogens (tertiary/aromatic N) is 8. The van der Waals surface area contributed by atoms with Gasteiger partial charge in [0.2, 0.25) is 0 Å². The molecule has 0 saturated heterocycles. The molecule has 4 rings (SSSR count). The molecule has 0 fully saturated rings. The molecule has 0 aliphatic carbocycles. The molecular formula is C15H20N8. The van der Waals surface area contributed by atoms with Crippen LogP contribution in [0, 0.1) is 0 Å². The first-order valence-electron chi connectivity index (χ1n) is 7.70. The first kappa shape index (κ1) is 14.0. The second kappa shape index (κ2) is 4.94. The van der Waals surface area contributed by atoms with Crippen LogP contribution in [0.15, 0.2) is 24.8 Å². The summed E-state index contributed by atoms with van der Waals surface area (Å²) in [5, 5.41) is 0. The minimum Gasteiger partial charge on any atom is -0.336 e. The Hall–Kier alpha value is -2.64. The molecular weight excluding hydrogens is 292 g/mol. The molecule has 0 bridgehead atoms. The highest BCUT2D eigenvalue weighted by atomic mass is 15.5. The van der Waals surface area contributed by atoms with Gasteiger partial charge in [-0.25, -0.2) is 19.9 Å². The number of hydrogen-bond acceptors (Lipinski definition) is 8. The third-order valence-corrected chi connectivity index (χ3v) is 4.86. The highest BCUT2D eigenvalue weighted by Gasteiger charge is 2.39. The van der Waals surface area contributed by atoms with Crippen LogP contribution in [0.25, 0.3) is 0 Å². The number of hydrogen-bond donors (Lipinski definition) is 0. The maximum absolute atomic E-state index is 4.53. The van der Waals surface area contributed by atoms with Gasteiger partial charge in [0.15, 0.2) is 23.3 Å². The van der Waals surface area contributed by atoms with Crippen molar-refractivity contribution in [3.63, 3.8) is 0 Å². The molecule has 0 saturated carbocycles. The van der Waals surface area contributed by atoms with Crippen LogP contribution in [-0.2, 0) is 0 Å². The minimum atomic E-state index is 0.186. The van der Waals surface area contributed by atoms with E-state index in [0.29, 0.717) is 6.67 Å². The summed E-state index contributed by atoms with van der Waals surface area (Å²) < 4.78 is 0. The van der Waals surface area contributed by atoms with Crippen molar-refractivity contribution < 1.29 is 0 Å². The van der Waals surface area contributed by atoms with Gasteiger partial charge < -0.3 is 19.6 Å². The summed E-state index contributed by atoms with van der Waals surface area (Å²) in [6, 6.07) is 0. The van der Waals surface area contributed by atoms with Crippen LogP contribution in [0.5, 0.6) is 0 Å². The summed E-state index contributed by atoms with van der Waals surface area (Å²) in [5.41, 5.74) is 0. The van der Waals surface area contributed by atoms with E-state index in [4.69, 9.17) is 0 Å². The Labute approximate surface area is 135 Å². The van der Waals surface area contributed by atoms with Crippen LogP contribution in [0.4, 0.5) is 23.3 Å². The second-order valence-electron chi connectivity index (χ2n) is 5.97. The van der Waals surface area contributed by atoms with Crippen molar-refractivity contribution in [2.24, 2.45) is 0 Å². The number of rotatable bonds is 2. The van der Waals surface area contributed by atoms with Gasteiger partial charge in [0.25, 0.3) is 0 Å². The first-order valence-corrected chi connectivity index (χ1v) is 7.70. The fourth-order valence-corrected chi connectivity index (χ4v) is 3.21. The summed E-state index contributed by atoms with van der Waals surface area (Å²) in [5.74, 6) is 3.66. The van der Waals surface area contributed by atoms with Crippen LogP contribution in [0.3, 0.4) is 0 Å². The van der Waals surface area contributed by atoms with Crippen LogP contribution < -0.4 is 19.6 Å². The highest BCUT2D eigenvalue weighted by molar-refractivity contribution is 5.73. The molecule has 2 aromatic heterocycles. The van der Waals surface area contributed by atoms with Gasteiger partial charge in [-0.3, -0.25) is 0 Å².